The number of rotatable bonds is 5. The molecule has 7 heteroatoms. The number of anilines is 1. The van der Waals surface area contributed by atoms with Crippen molar-refractivity contribution in [2.75, 3.05) is 58.3 Å². The average Bonchev–Trinajstić information content (AvgIpc) is 2.72. The van der Waals surface area contributed by atoms with Crippen molar-refractivity contribution in [3.8, 4) is 0 Å². The van der Waals surface area contributed by atoms with E-state index in [1.165, 1.54) is 0 Å². The van der Waals surface area contributed by atoms with Gasteiger partial charge < -0.3 is 15.5 Å². The molecule has 0 amide bonds. The number of hydrogen-bond donors (Lipinski definition) is 2. The van der Waals surface area contributed by atoms with E-state index >= 15 is 0 Å². The van der Waals surface area contributed by atoms with Gasteiger partial charge in [-0.15, -0.1) is 0 Å². The Morgan fingerprint density at radius 3 is 2.43 bits per heavy atom. The number of nitrogen functional groups attached to an aromatic ring is 1. The smallest absolute Gasteiger partial charge is 0.137 e. The fraction of sp³-hybridized carbons (Fsp3) is 0.714. The molecule has 1 saturated heterocycles. The minimum Gasteiger partial charge on any atom is -0.384 e. The Balaban J connectivity index is 2.04. The maximum atomic E-state index is 7.78. The Hall–Kier alpha value is -1.60. The predicted molar refractivity (Wildman–Crippen MR) is 86.2 cm³/mol. The second-order valence-electron chi connectivity index (χ2n) is 5.95. The van der Waals surface area contributed by atoms with Crippen molar-refractivity contribution in [2.45, 2.75) is 6.92 Å². The van der Waals surface area contributed by atoms with Crippen LogP contribution >= 0.6 is 0 Å². The van der Waals surface area contributed by atoms with E-state index in [1.807, 2.05) is 18.7 Å². The number of nitrogens with one attached hydrogen (secondary N) is 1. The Bertz CT molecular complexity index is 498. The van der Waals surface area contributed by atoms with Crippen molar-refractivity contribution in [1.29, 1.82) is 5.41 Å². The zero-order valence-corrected chi connectivity index (χ0v) is 13.6. The summed E-state index contributed by atoms with van der Waals surface area (Å²) in [6, 6.07) is 0. The van der Waals surface area contributed by atoms with E-state index in [-0.39, 0.29) is 5.84 Å². The van der Waals surface area contributed by atoms with Gasteiger partial charge in [-0.3, -0.25) is 15.0 Å². The molecule has 0 aromatic carbocycles. The number of nitrogens with two attached hydrogens (primary N) is 1. The maximum Gasteiger partial charge on any atom is 0.137 e. The van der Waals surface area contributed by atoms with Crippen molar-refractivity contribution in [3.05, 3.63) is 11.3 Å². The van der Waals surface area contributed by atoms with Crippen LogP contribution in [0.15, 0.2) is 0 Å². The van der Waals surface area contributed by atoms with Gasteiger partial charge in [-0.25, -0.2) is 0 Å². The summed E-state index contributed by atoms with van der Waals surface area (Å²) in [7, 11) is 6.13. The number of piperazine rings is 1. The number of amidine groups is 1. The first-order valence-electron chi connectivity index (χ1n) is 7.40. The standard InChI is InChI=1S/C14H27N7/c1-11-12(13(15)16)14(19(4)17-11)21-9-7-20(8-10-21)6-5-18(2)3/h5-10H2,1-4H3,(H3,15,16). The lowest BCUT2D eigenvalue weighted by Gasteiger charge is -2.36. The molecule has 1 fully saturated rings. The van der Waals surface area contributed by atoms with Crippen molar-refractivity contribution in [2.24, 2.45) is 12.8 Å². The largest absolute Gasteiger partial charge is 0.384 e. The van der Waals surface area contributed by atoms with Crippen LogP contribution in [0.1, 0.15) is 11.3 Å². The van der Waals surface area contributed by atoms with Crippen molar-refractivity contribution < 1.29 is 0 Å². The molecule has 21 heavy (non-hydrogen) atoms. The average molecular weight is 293 g/mol. The van der Waals surface area contributed by atoms with E-state index in [9.17, 15) is 0 Å². The lowest BCUT2D eigenvalue weighted by molar-refractivity contribution is 0.228. The van der Waals surface area contributed by atoms with Gasteiger partial charge in [0.25, 0.3) is 0 Å². The summed E-state index contributed by atoms with van der Waals surface area (Å²) < 4.78 is 1.85. The van der Waals surface area contributed by atoms with Crippen molar-refractivity contribution in [3.63, 3.8) is 0 Å². The lowest BCUT2D eigenvalue weighted by atomic mass is 10.2. The van der Waals surface area contributed by atoms with Crippen LogP contribution in [0.25, 0.3) is 0 Å². The Labute approximate surface area is 126 Å². The highest BCUT2D eigenvalue weighted by atomic mass is 15.4. The predicted octanol–water partition coefficient (Wildman–Crippen LogP) is -0.304. The monoisotopic (exact) mass is 293 g/mol. The third-order valence-corrected chi connectivity index (χ3v) is 4.00. The van der Waals surface area contributed by atoms with Crippen LogP contribution in [0.4, 0.5) is 5.82 Å². The molecule has 3 N–H and O–H groups in total. The minimum atomic E-state index is 0.102. The van der Waals surface area contributed by atoms with Gasteiger partial charge in [0.05, 0.1) is 11.3 Å². The molecule has 0 saturated carbocycles. The van der Waals surface area contributed by atoms with Gasteiger partial charge >= 0.3 is 0 Å². The number of nitrogens with zero attached hydrogens (tertiary/aromatic N) is 5. The fourth-order valence-corrected chi connectivity index (χ4v) is 2.85. The third-order valence-electron chi connectivity index (χ3n) is 4.00. The van der Waals surface area contributed by atoms with Gasteiger partial charge in [0.15, 0.2) is 0 Å². The highest BCUT2D eigenvalue weighted by Gasteiger charge is 2.24. The van der Waals surface area contributed by atoms with Gasteiger partial charge in [-0.05, 0) is 21.0 Å². The van der Waals surface area contributed by atoms with Gasteiger partial charge in [0, 0.05) is 46.3 Å². The molecule has 2 heterocycles. The first-order valence-corrected chi connectivity index (χ1v) is 7.40. The summed E-state index contributed by atoms with van der Waals surface area (Å²) in [4.78, 5) is 6.99. The topological polar surface area (TPSA) is 77.4 Å². The van der Waals surface area contributed by atoms with Crippen molar-refractivity contribution in [1.82, 2.24) is 19.6 Å². The van der Waals surface area contributed by atoms with Gasteiger partial charge in [-0.2, -0.15) is 5.10 Å². The van der Waals surface area contributed by atoms with Crippen LogP contribution in [0, 0.1) is 12.3 Å². The quantitative estimate of drug-likeness (QED) is 0.575. The zero-order valence-electron chi connectivity index (χ0n) is 13.6. The molecule has 0 aliphatic carbocycles. The highest BCUT2D eigenvalue weighted by Crippen LogP contribution is 2.23. The fourth-order valence-electron chi connectivity index (χ4n) is 2.85. The highest BCUT2D eigenvalue weighted by molar-refractivity contribution is 6.00. The van der Waals surface area contributed by atoms with Crippen LogP contribution in [0.3, 0.4) is 0 Å². The molecular weight excluding hydrogens is 266 g/mol. The summed E-state index contributed by atoms with van der Waals surface area (Å²) in [5, 5.41) is 12.2. The molecule has 0 atom stereocenters. The second kappa shape index (κ2) is 6.44. The van der Waals surface area contributed by atoms with E-state index in [2.05, 4.69) is 33.9 Å². The molecular formula is C14H27N7. The summed E-state index contributed by atoms with van der Waals surface area (Å²) in [5.74, 6) is 1.08. The van der Waals surface area contributed by atoms with E-state index < -0.39 is 0 Å². The van der Waals surface area contributed by atoms with Crippen molar-refractivity contribution >= 4 is 11.7 Å². The summed E-state index contributed by atoms with van der Waals surface area (Å²) in [6.45, 7) is 8.08. The Morgan fingerprint density at radius 1 is 1.29 bits per heavy atom. The molecule has 1 aliphatic heterocycles. The molecule has 0 spiro atoms. The van der Waals surface area contributed by atoms with E-state index in [0.29, 0.717) is 0 Å². The molecule has 7 nitrogen and oxygen atoms in total. The molecule has 1 aliphatic rings. The van der Waals surface area contributed by atoms with E-state index in [4.69, 9.17) is 11.1 Å². The van der Waals surface area contributed by atoms with Gasteiger partial charge in [0.1, 0.15) is 11.7 Å². The molecule has 0 radical (unpaired) electrons. The summed E-state index contributed by atoms with van der Waals surface area (Å²) >= 11 is 0. The van der Waals surface area contributed by atoms with Crippen LogP contribution < -0.4 is 10.6 Å². The zero-order chi connectivity index (χ0) is 15.6. The minimum absolute atomic E-state index is 0.102. The second-order valence-corrected chi connectivity index (χ2v) is 5.95. The van der Waals surface area contributed by atoms with Crippen LogP contribution in [-0.2, 0) is 7.05 Å². The first-order chi connectivity index (χ1) is 9.90. The SMILES string of the molecule is Cc1nn(C)c(N2CCN(CCN(C)C)CC2)c1C(=N)N. The maximum absolute atomic E-state index is 7.78. The van der Waals surface area contributed by atoms with Crippen LogP contribution in [0.5, 0.6) is 0 Å². The summed E-state index contributed by atoms with van der Waals surface area (Å²) in [6.07, 6.45) is 0. The molecule has 0 unspecified atom stereocenters. The normalized spacial score (nSPS) is 16.7. The van der Waals surface area contributed by atoms with Crippen LogP contribution in [-0.4, -0.2) is 78.8 Å². The molecule has 1 aromatic heterocycles. The summed E-state index contributed by atoms with van der Waals surface area (Å²) in [5.41, 5.74) is 7.34. The lowest BCUT2D eigenvalue weighted by Crippen LogP contribution is -2.49. The Kier molecular flexibility index (Phi) is 4.84. The van der Waals surface area contributed by atoms with E-state index in [0.717, 1.165) is 56.3 Å². The molecule has 2 rings (SSSR count). The first kappa shape index (κ1) is 15.8. The van der Waals surface area contributed by atoms with Gasteiger partial charge in [0.2, 0.25) is 0 Å². The number of hydrogen-bond acceptors (Lipinski definition) is 5. The third kappa shape index (κ3) is 3.54. The number of likely N-dealkylation sites (N-methyl/N-ethyl adjacent to an activating group) is 1. The number of aryl methyl sites for hydroxylation is 2. The Morgan fingerprint density at radius 2 is 1.90 bits per heavy atom. The number of aromatic nitrogens is 2. The molecule has 118 valence electrons. The van der Waals surface area contributed by atoms with E-state index in [1.54, 1.807) is 0 Å². The molecule has 0 bridgehead atoms. The van der Waals surface area contributed by atoms with Crippen LogP contribution in [0.2, 0.25) is 0 Å². The van der Waals surface area contributed by atoms with Gasteiger partial charge in [-0.1, -0.05) is 0 Å². The molecule has 1 aromatic rings.